The van der Waals surface area contributed by atoms with Crippen LogP contribution in [0.4, 0.5) is 0 Å². The Hall–Kier alpha value is -0.240. The van der Waals surface area contributed by atoms with E-state index in [1.165, 1.54) is 0 Å². The molecule has 3 rings (SSSR count). The first-order valence-electron chi connectivity index (χ1n) is 6.38. The van der Waals surface area contributed by atoms with Crippen LogP contribution in [0.5, 0.6) is 0 Å². The molecule has 6 nitrogen and oxygen atoms in total. The largest absolute Gasteiger partial charge is 0.343 e. The van der Waals surface area contributed by atoms with E-state index in [1.54, 1.807) is 0 Å². The maximum Gasteiger partial charge on any atom is 0.190 e. The van der Waals surface area contributed by atoms with Gasteiger partial charge in [0.05, 0.1) is 0 Å². The monoisotopic (exact) mass is 259 g/mol. The van der Waals surface area contributed by atoms with E-state index in [9.17, 15) is 0 Å². The van der Waals surface area contributed by atoms with Crippen molar-refractivity contribution in [1.82, 2.24) is 0 Å². The van der Waals surface area contributed by atoms with Crippen LogP contribution in [-0.2, 0) is 23.7 Å². The van der Waals surface area contributed by atoms with Crippen molar-refractivity contribution in [3.63, 3.8) is 0 Å². The van der Waals surface area contributed by atoms with Crippen molar-refractivity contribution in [2.24, 2.45) is 5.73 Å². The zero-order valence-electron chi connectivity index (χ0n) is 11.2. The van der Waals surface area contributed by atoms with Crippen LogP contribution in [0.2, 0.25) is 0 Å². The molecule has 0 radical (unpaired) electrons. The third kappa shape index (κ3) is 1.97. The Labute approximate surface area is 107 Å². The summed E-state index contributed by atoms with van der Waals surface area (Å²) in [6.07, 6.45) is -1.24. The molecule has 0 bridgehead atoms. The number of ether oxygens (including phenoxy) is 5. The van der Waals surface area contributed by atoms with Crippen LogP contribution in [-0.4, -0.2) is 48.8 Å². The van der Waals surface area contributed by atoms with E-state index < -0.39 is 17.9 Å². The molecule has 104 valence electrons. The molecule has 3 saturated heterocycles. The van der Waals surface area contributed by atoms with E-state index in [4.69, 9.17) is 29.4 Å². The Morgan fingerprint density at radius 2 is 1.44 bits per heavy atom. The Morgan fingerprint density at radius 1 is 0.833 bits per heavy atom. The first kappa shape index (κ1) is 12.8. The fourth-order valence-corrected chi connectivity index (χ4v) is 2.91. The standard InChI is InChI=1S/C12H21NO5/c1-11(2)15-6(5-13)7-8(16-11)9-10(14-7)18-12(3,4)17-9/h6-10H,5,13H2,1-4H3. The van der Waals surface area contributed by atoms with Crippen molar-refractivity contribution in [3.05, 3.63) is 0 Å². The van der Waals surface area contributed by atoms with Gasteiger partial charge in [-0.05, 0) is 27.7 Å². The smallest absolute Gasteiger partial charge is 0.190 e. The summed E-state index contributed by atoms with van der Waals surface area (Å²) in [4.78, 5) is 0. The van der Waals surface area contributed by atoms with Crippen LogP contribution in [0.25, 0.3) is 0 Å². The molecule has 0 aromatic heterocycles. The summed E-state index contributed by atoms with van der Waals surface area (Å²) in [7, 11) is 0. The predicted octanol–water partition coefficient (Wildman–Crippen LogP) is 0.342. The molecule has 0 aromatic rings. The van der Waals surface area contributed by atoms with E-state index in [1.807, 2.05) is 27.7 Å². The molecule has 3 aliphatic rings. The summed E-state index contributed by atoms with van der Waals surface area (Å²) in [5, 5.41) is 0. The van der Waals surface area contributed by atoms with Crippen molar-refractivity contribution < 1.29 is 23.7 Å². The average molecular weight is 259 g/mol. The zero-order valence-corrected chi connectivity index (χ0v) is 11.2. The molecule has 3 aliphatic heterocycles. The number of nitrogens with two attached hydrogens (primary N) is 1. The van der Waals surface area contributed by atoms with Crippen molar-refractivity contribution >= 4 is 0 Å². The van der Waals surface area contributed by atoms with Crippen LogP contribution in [0.3, 0.4) is 0 Å². The summed E-state index contributed by atoms with van der Waals surface area (Å²) in [6, 6.07) is 0. The van der Waals surface area contributed by atoms with Gasteiger partial charge in [0.25, 0.3) is 0 Å². The molecular formula is C12H21NO5. The molecule has 6 heteroatoms. The van der Waals surface area contributed by atoms with Crippen LogP contribution in [0.15, 0.2) is 0 Å². The first-order valence-corrected chi connectivity index (χ1v) is 6.38. The molecule has 3 heterocycles. The third-order valence-corrected chi connectivity index (χ3v) is 3.48. The Bertz CT molecular complexity index is 345. The fraction of sp³-hybridized carbons (Fsp3) is 1.00. The van der Waals surface area contributed by atoms with Gasteiger partial charge < -0.3 is 29.4 Å². The highest BCUT2D eigenvalue weighted by Gasteiger charge is 2.60. The number of rotatable bonds is 1. The van der Waals surface area contributed by atoms with Crippen molar-refractivity contribution in [2.75, 3.05) is 6.54 Å². The molecule has 0 saturated carbocycles. The lowest BCUT2D eigenvalue weighted by Gasteiger charge is -2.43. The second kappa shape index (κ2) is 3.88. The lowest BCUT2D eigenvalue weighted by atomic mass is 10.0. The minimum Gasteiger partial charge on any atom is -0.343 e. The highest BCUT2D eigenvalue weighted by molar-refractivity contribution is 5.00. The van der Waals surface area contributed by atoms with Gasteiger partial charge >= 0.3 is 0 Å². The SMILES string of the molecule is CC1(C)OC2OC3C(CN)OC(C)(C)OC3C2O1. The van der Waals surface area contributed by atoms with Gasteiger partial charge in [-0.1, -0.05) is 0 Å². The summed E-state index contributed by atoms with van der Waals surface area (Å²) >= 11 is 0. The van der Waals surface area contributed by atoms with Gasteiger partial charge in [0, 0.05) is 6.54 Å². The van der Waals surface area contributed by atoms with E-state index >= 15 is 0 Å². The van der Waals surface area contributed by atoms with Crippen LogP contribution in [0, 0.1) is 0 Å². The molecule has 3 fully saturated rings. The normalized spacial score (nSPS) is 48.8. The quantitative estimate of drug-likeness (QED) is 0.732. The van der Waals surface area contributed by atoms with Gasteiger partial charge in [0.1, 0.15) is 24.4 Å². The summed E-state index contributed by atoms with van der Waals surface area (Å²) in [5.41, 5.74) is 5.74. The minimum absolute atomic E-state index is 0.195. The molecule has 0 aliphatic carbocycles. The Balaban J connectivity index is 1.83. The van der Waals surface area contributed by atoms with Crippen LogP contribution >= 0.6 is 0 Å². The molecule has 0 aromatic carbocycles. The summed E-state index contributed by atoms with van der Waals surface area (Å²) in [5.74, 6) is -1.32. The van der Waals surface area contributed by atoms with E-state index in [0.29, 0.717) is 6.54 Å². The van der Waals surface area contributed by atoms with Crippen LogP contribution in [0.1, 0.15) is 27.7 Å². The lowest BCUT2D eigenvalue weighted by Crippen LogP contribution is -2.57. The zero-order chi connectivity index (χ0) is 13.1. The van der Waals surface area contributed by atoms with Gasteiger partial charge in [0.2, 0.25) is 0 Å². The van der Waals surface area contributed by atoms with Crippen molar-refractivity contribution in [3.8, 4) is 0 Å². The second-order valence-electron chi connectivity index (χ2n) is 5.94. The maximum absolute atomic E-state index is 5.93. The Kier molecular flexibility index (Phi) is 2.75. The van der Waals surface area contributed by atoms with Crippen molar-refractivity contribution in [2.45, 2.75) is 70.0 Å². The molecule has 5 atom stereocenters. The predicted molar refractivity (Wildman–Crippen MR) is 61.6 cm³/mol. The highest BCUT2D eigenvalue weighted by Crippen LogP contribution is 2.44. The van der Waals surface area contributed by atoms with E-state index in [2.05, 4.69) is 0 Å². The minimum atomic E-state index is -0.681. The maximum atomic E-state index is 5.93. The van der Waals surface area contributed by atoms with Gasteiger partial charge in [-0.25, -0.2) is 0 Å². The summed E-state index contributed by atoms with van der Waals surface area (Å²) in [6.45, 7) is 7.88. The molecule has 0 spiro atoms. The molecule has 18 heavy (non-hydrogen) atoms. The van der Waals surface area contributed by atoms with Gasteiger partial charge in [-0.3, -0.25) is 0 Å². The number of hydrogen-bond acceptors (Lipinski definition) is 6. The average Bonchev–Trinajstić information content (AvgIpc) is 2.69. The molecule has 2 N–H and O–H groups in total. The molecular weight excluding hydrogens is 238 g/mol. The van der Waals surface area contributed by atoms with E-state index in [-0.39, 0.29) is 24.4 Å². The summed E-state index contributed by atoms with van der Waals surface area (Å²) < 4.78 is 29.1. The molecule has 0 amide bonds. The highest BCUT2D eigenvalue weighted by atomic mass is 16.9. The lowest BCUT2D eigenvalue weighted by molar-refractivity contribution is -0.341. The first-order chi connectivity index (χ1) is 8.31. The van der Waals surface area contributed by atoms with Gasteiger partial charge in [-0.15, -0.1) is 0 Å². The Morgan fingerprint density at radius 3 is 2.11 bits per heavy atom. The molecule has 5 unspecified atom stereocenters. The third-order valence-electron chi connectivity index (χ3n) is 3.48. The topological polar surface area (TPSA) is 72.2 Å². The number of hydrogen-bond donors (Lipinski definition) is 1. The van der Waals surface area contributed by atoms with Gasteiger partial charge in [0.15, 0.2) is 17.9 Å². The van der Waals surface area contributed by atoms with Crippen LogP contribution < -0.4 is 5.73 Å². The van der Waals surface area contributed by atoms with Gasteiger partial charge in [-0.2, -0.15) is 0 Å². The van der Waals surface area contributed by atoms with E-state index in [0.717, 1.165) is 0 Å². The fourth-order valence-electron chi connectivity index (χ4n) is 2.91. The second-order valence-corrected chi connectivity index (χ2v) is 5.94. The van der Waals surface area contributed by atoms with Crippen molar-refractivity contribution in [1.29, 1.82) is 0 Å². The number of fused-ring (bicyclic) bond motifs is 3.